The first kappa shape index (κ1) is 24.8. The lowest BCUT2D eigenvalue weighted by atomic mass is 10.0. The van der Waals surface area contributed by atoms with Gasteiger partial charge in [0.15, 0.2) is 11.6 Å². The van der Waals surface area contributed by atoms with Crippen LogP contribution in [0, 0.1) is 11.6 Å². The van der Waals surface area contributed by atoms with Crippen LogP contribution in [-0.4, -0.2) is 32.3 Å². The van der Waals surface area contributed by atoms with Crippen molar-refractivity contribution in [3.63, 3.8) is 0 Å². The third-order valence-corrected chi connectivity index (χ3v) is 7.38. The van der Waals surface area contributed by atoms with Crippen molar-refractivity contribution in [3.8, 4) is 0 Å². The Labute approximate surface area is 204 Å². The van der Waals surface area contributed by atoms with Crippen molar-refractivity contribution in [2.75, 3.05) is 17.8 Å². The molecule has 1 aliphatic rings. The van der Waals surface area contributed by atoms with Crippen molar-refractivity contribution in [1.82, 2.24) is 10.2 Å². The predicted molar refractivity (Wildman–Crippen MR) is 130 cm³/mol. The Hall–Kier alpha value is -3.30. The topological polar surface area (TPSA) is 78.5 Å². The first-order chi connectivity index (χ1) is 16.8. The van der Waals surface area contributed by atoms with Crippen LogP contribution in [0.5, 0.6) is 0 Å². The van der Waals surface area contributed by atoms with E-state index in [9.17, 15) is 22.0 Å². The molecule has 1 saturated heterocycles. The predicted octanol–water partition coefficient (Wildman–Crippen LogP) is 4.68. The van der Waals surface area contributed by atoms with Crippen LogP contribution in [0.3, 0.4) is 0 Å². The second-order valence-electron chi connectivity index (χ2n) is 8.55. The molecule has 184 valence electrons. The fourth-order valence-electron chi connectivity index (χ4n) is 4.07. The van der Waals surface area contributed by atoms with Crippen LogP contribution in [0.15, 0.2) is 71.6 Å². The van der Waals surface area contributed by atoms with E-state index in [1.54, 1.807) is 0 Å². The molecule has 1 fully saturated rings. The van der Waals surface area contributed by atoms with Gasteiger partial charge >= 0.3 is 0 Å². The molecule has 1 heterocycles. The third-order valence-electron chi connectivity index (χ3n) is 6.00. The largest absolute Gasteiger partial charge is 0.348 e. The van der Waals surface area contributed by atoms with Crippen molar-refractivity contribution < 1.29 is 22.0 Å². The molecule has 0 unspecified atom stereocenters. The van der Waals surface area contributed by atoms with Crippen LogP contribution in [0.4, 0.5) is 14.5 Å². The van der Waals surface area contributed by atoms with Gasteiger partial charge in [0.2, 0.25) is 0 Å². The van der Waals surface area contributed by atoms with Gasteiger partial charge in [-0.1, -0.05) is 30.7 Å². The number of hydrogen-bond acceptors (Lipinski definition) is 4. The number of nitrogens with zero attached hydrogens (tertiary/aromatic N) is 1. The molecule has 1 aliphatic heterocycles. The van der Waals surface area contributed by atoms with Gasteiger partial charge in [0, 0.05) is 24.3 Å². The van der Waals surface area contributed by atoms with Crippen LogP contribution < -0.4 is 10.0 Å². The highest BCUT2D eigenvalue weighted by atomic mass is 32.2. The zero-order chi connectivity index (χ0) is 24.8. The number of carbonyl (C=O) groups is 1. The molecule has 9 heteroatoms. The summed E-state index contributed by atoms with van der Waals surface area (Å²) < 4.78 is 53.7. The summed E-state index contributed by atoms with van der Waals surface area (Å²) in [6.07, 6.45) is 3.71. The molecule has 0 saturated carbocycles. The normalized spacial score (nSPS) is 14.5. The maximum Gasteiger partial charge on any atom is 0.261 e. The highest BCUT2D eigenvalue weighted by molar-refractivity contribution is 7.92. The maximum atomic E-state index is 13.4. The van der Waals surface area contributed by atoms with Gasteiger partial charge in [-0.05, 0) is 79.5 Å². The van der Waals surface area contributed by atoms with E-state index in [1.807, 2.05) is 18.2 Å². The van der Waals surface area contributed by atoms with E-state index < -0.39 is 26.6 Å². The first-order valence-corrected chi connectivity index (χ1v) is 13.0. The molecule has 0 aromatic heterocycles. The number of hydrogen-bond donors (Lipinski definition) is 2. The maximum absolute atomic E-state index is 13.4. The Bertz CT molecular complexity index is 1290. The number of anilines is 1. The fraction of sp³-hybridized carbons (Fsp3) is 0.269. The average Bonchev–Trinajstić information content (AvgIpc) is 2.86. The summed E-state index contributed by atoms with van der Waals surface area (Å²) in [7, 11) is -4.11. The number of sulfonamides is 1. The molecule has 0 aliphatic carbocycles. The van der Waals surface area contributed by atoms with Crippen molar-refractivity contribution in [1.29, 1.82) is 0 Å². The molecule has 4 rings (SSSR count). The molecule has 6 nitrogen and oxygen atoms in total. The highest BCUT2D eigenvalue weighted by Gasteiger charge is 2.17. The molecule has 0 atom stereocenters. The number of likely N-dealkylation sites (tertiary alicyclic amines) is 1. The van der Waals surface area contributed by atoms with Crippen molar-refractivity contribution in [3.05, 3.63) is 95.1 Å². The summed E-state index contributed by atoms with van der Waals surface area (Å²) in [5, 5.41) is 2.92. The minimum absolute atomic E-state index is 0.193. The number of carbonyl (C=O) groups excluding carboxylic acids is 1. The molecule has 0 bridgehead atoms. The Balaban J connectivity index is 1.37. The zero-order valence-electron chi connectivity index (χ0n) is 19.1. The first-order valence-electron chi connectivity index (χ1n) is 11.5. The van der Waals surface area contributed by atoms with Gasteiger partial charge in [-0.3, -0.25) is 14.4 Å². The molecule has 2 N–H and O–H groups in total. The fourth-order valence-corrected chi connectivity index (χ4v) is 5.14. The average molecular weight is 500 g/mol. The van der Waals surface area contributed by atoms with E-state index in [2.05, 4.69) is 21.0 Å². The molecule has 0 radical (unpaired) electrons. The number of halogens is 2. The molecular formula is C26H27F2N3O3S. The molecule has 0 spiro atoms. The van der Waals surface area contributed by atoms with E-state index in [0.717, 1.165) is 37.3 Å². The summed E-state index contributed by atoms with van der Waals surface area (Å²) in [6, 6.07) is 16.3. The Morgan fingerprint density at radius 1 is 0.857 bits per heavy atom. The molecule has 3 aromatic carbocycles. The minimum atomic E-state index is -4.11. The van der Waals surface area contributed by atoms with Crippen LogP contribution in [-0.2, 0) is 23.1 Å². The lowest BCUT2D eigenvalue weighted by Gasteiger charge is -2.27. The second-order valence-corrected chi connectivity index (χ2v) is 10.2. The summed E-state index contributed by atoms with van der Waals surface area (Å²) in [5.74, 6) is -2.67. The Kier molecular flexibility index (Phi) is 7.77. The molecule has 1 amide bonds. The Morgan fingerprint density at radius 2 is 1.54 bits per heavy atom. The van der Waals surface area contributed by atoms with Crippen LogP contribution in [0.25, 0.3) is 0 Å². The quantitative estimate of drug-likeness (QED) is 0.472. The minimum Gasteiger partial charge on any atom is -0.348 e. The summed E-state index contributed by atoms with van der Waals surface area (Å²) in [4.78, 5) is 14.7. The van der Waals surface area contributed by atoms with Crippen molar-refractivity contribution in [2.45, 2.75) is 37.2 Å². The third kappa shape index (κ3) is 6.43. The summed E-state index contributed by atoms with van der Waals surface area (Å²) in [5.41, 5.74) is 2.81. The van der Waals surface area contributed by atoms with Crippen molar-refractivity contribution >= 4 is 21.6 Å². The van der Waals surface area contributed by atoms with Gasteiger partial charge in [-0.25, -0.2) is 17.2 Å². The van der Waals surface area contributed by atoms with Crippen LogP contribution in [0.2, 0.25) is 0 Å². The van der Waals surface area contributed by atoms with Gasteiger partial charge < -0.3 is 5.32 Å². The standard InChI is InChI=1S/C26H27F2N3O3S/c27-24-13-12-23(16-25(24)28)35(33,34)30-22-10-8-19(9-11-22)26(32)29-17-20-6-2-3-7-21(20)18-31-14-4-1-5-15-31/h2-3,6-13,16,30H,1,4-5,14-15,17-18H2,(H,29,32). The van der Waals surface area contributed by atoms with E-state index in [4.69, 9.17) is 0 Å². The van der Waals surface area contributed by atoms with E-state index in [0.29, 0.717) is 18.2 Å². The van der Waals surface area contributed by atoms with Gasteiger partial charge in [-0.15, -0.1) is 0 Å². The van der Waals surface area contributed by atoms with Crippen LogP contribution >= 0.6 is 0 Å². The summed E-state index contributed by atoms with van der Waals surface area (Å²) >= 11 is 0. The Morgan fingerprint density at radius 3 is 2.23 bits per heavy atom. The number of benzene rings is 3. The van der Waals surface area contributed by atoms with E-state index in [-0.39, 0.29) is 11.6 Å². The molecule has 35 heavy (non-hydrogen) atoms. The van der Waals surface area contributed by atoms with E-state index >= 15 is 0 Å². The highest BCUT2D eigenvalue weighted by Crippen LogP contribution is 2.20. The van der Waals surface area contributed by atoms with Crippen LogP contribution in [0.1, 0.15) is 40.7 Å². The second kappa shape index (κ2) is 11.0. The lowest BCUT2D eigenvalue weighted by molar-refractivity contribution is 0.0950. The number of rotatable bonds is 8. The number of amides is 1. The van der Waals surface area contributed by atoms with Gasteiger partial charge in [-0.2, -0.15) is 0 Å². The number of nitrogens with one attached hydrogen (secondary N) is 2. The van der Waals surface area contributed by atoms with Gasteiger partial charge in [0.1, 0.15) is 0 Å². The lowest BCUT2D eigenvalue weighted by Crippen LogP contribution is -2.30. The molecular weight excluding hydrogens is 472 g/mol. The molecule has 3 aromatic rings. The van der Waals surface area contributed by atoms with Gasteiger partial charge in [0.05, 0.1) is 4.90 Å². The van der Waals surface area contributed by atoms with E-state index in [1.165, 1.54) is 49.1 Å². The SMILES string of the molecule is O=C(NCc1ccccc1CN1CCCCC1)c1ccc(NS(=O)(=O)c2ccc(F)c(F)c2)cc1. The number of piperidine rings is 1. The van der Waals surface area contributed by atoms with Crippen molar-refractivity contribution in [2.24, 2.45) is 0 Å². The summed E-state index contributed by atoms with van der Waals surface area (Å²) in [6.45, 7) is 3.42. The smallest absolute Gasteiger partial charge is 0.261 e. The zero-order valence-corrected chi connectivity index (χ0v) is 20.0. The monoisotopic (exact) mass is 499 g/mol. The van der Waals surface area contributed by atoms with Gasteiger partial charge in [0.25, 0.3) is 15.9 Å².